The molecule has 9 nitrogen and oxygen atoms in total. The highest BCUT2D eigenvalue weighted by molar-refractivity contribution is 14.1. The number of nitrogens with zero attached hydrogens (tertiary/aromatic N) is 1. The number of hydrazone groups is 1. The van der Waals surface area contributed by atoms with E-state index in [0.717, 1.165) is 12.0 Å². The van der Waals surface area contributed by atoms with E-state index in [2.05, 4.69) is 50.7 Å². The number of benzene rings is 3. The summed E-state index contributed by atoms with van der Waals surface area (Å²) in [6, 6.07) is 18.3. The van der Waals surface area contributed by atoms with Gasteiger partial charge >= 0.3 is 11.8 Å². The Kier molecular flexibility index (Phi) is 11.3. The van der Waals surface area contributed by atoms with Gasteiger partial charge < -0.3 is 20.1 Å². The number of para-hydroxylation sites is 1. The number of hydrogen-bond acceptors (Lipinski definition) is 6. The Morgan fingerprint density at radius 3 is 2.33 bits per heavy atom. The fourth-order valence-electron chi connectivity index (χ4n) is 3.57. The lowest BCUT2D eigenvalue weighted by Gasteiger charge is -2.14. The van der Waals surface area contributed by atoms with Crippen LogP contribution in [0.5, 0.6) is 11.5 Å². The van der Waals surface area contributed by atoms with E-state index in [-0.39, 0.29) is 12.5 Å². The Balaban J connectivity index is 1.61. The Morgan fingerprint density at radius 2 is 1.64 bits per heavy atom. The molecule has 0 unspecified atom stereocenters. The first-order valence-electron chi connectivity index (χ1n) is 12.5. The highest BCUT2D eigenvalue weighted by atomic mass is 127. The minimum Gasteiger partial charge on any atom is -0.490 e. The third-order valence-electron chi connectivity index (χ3n) is 5.56. The number of nitrogens with one attached hydrogen (secondary N) is 3. The van der Waals surface area contributed by atoms with Crippen molar-refractivity contribution in [2.45, 2.75) is 33.6 Å². The molecule has 0 fully saturated rings. The van der Waals surface area contributed by atoms with Gasteiger partial charge in [-0.25, -0.2) is 5.43 Å². The van der Waals surface area contributed by atoms with E-state index in [1.807, 2.05) is 50.2 Å². The van der Waals surface area contributed by atoms with Crippen molar-refractivity contribution < 1.29 is 23.9 Å². The summed E-state index contributed by atoms with van der Waals surface area (Å²) in [7, 11) is 0. The van der Waals surface area contributed by atoms with Crippen molar-refractivity contribution in [2.75, 3.05) is 23.8 Å². The van der Waals surface area contributed by atoms with Gasteiger partial charge in [0, 0.05) is 11.4 Å². The van der Waals surface area contributed by atoms with Gasteiger partial charge in [-0.2, -0.15) is 5.10 Å². The number of halogens is 1. The van der Waals surface area contributed by atoms with Crippen molar-refractivity contribution in [3.8, 4) is 11.5 Å². The molecule has 0 spiro atoms. The summed E-state index contributed by atoms with van der Waals surface area (Å²) in [6.07, 6.45) is 3.03. The van der Waals surface area contributed by atoms with Crippen molar-refractivity contribution in [1.29, 1.82) is 0 Å². The van der Waals surface area contributed by atoms with Gasteiger partial charge in [0.2, 0.25) is 0 Å². The molecule has 204 valence electrons. The summed E-state index contributed by atoms with van der Waals surface area (Å²) < 4.78 is 12.2. The highest BCUT2D eigenvalue weighted by Gasteiger charge is 2.16. The zero-order valence-electron chi connectivity index (χ0n) is 22.0. The van der Waals surface area contributed by atoms with Crippen LogP contribution in [0.25, 0.3) is 0 Å². The van der Waals surface area contributed by atoms with Crippen LogP contribution in [0.4, 0.5) is 11.4 Å². The highest BCUT2D eigenvalue weighted by Crippen LogP contribution is 2.34. The standard InChI is InChI=1S/C29H31IN4O5/c1-4-19-11-13-22(14-12-19)32-26(35)18-39-27-23(30)15-20(16-25(27)38-6-3)17-31-34-29(37)28(36)33-24-10-8-7-9-21(24)5-2/h7-17H,4-6,18H2,1-3H3,(H,32,35)(H,33,36)(H,34,37)/b31-17-. The first-order valence-corrected chi connectivity index (χ1v) is 13.6. The van der Waals surface area contributed by atoms with Gasteiger partial charge in [0.1, 0.15) is 0 Å². The predicted molar refractivity (Wildman–Crippen MR) is 160 cm³/mol. The zero-order valence-corrected chi connectivity index (χ0v) is 24.2. The quantitative estimate of drug-likeness (QED) is 0.119. The molecule has 39 heavy (non-hydrogen) atoms. The SMILES string of the molecule is CCOc1cc(/C=N\NC(=O)C(=O)Nc2ccccc2CC)cc(I)c1OCC(=O)Nc1ccc(CC)cc1. The van der Waals surface area contributed by atoms with Gasteiger partial charge in [-0.3, -0.25) is 14.4 Å². The molecule has 0 atom stereocenters. The van der Waals surface area contributed by atoms with Crippen LogP contribution >= 0.6 is 22.6 Å². The van der Waals surface area contributed by atoms with E-state index < -0.39 is 11.8 Å². The summed E-state index contributed by atoms with van der Waals surface area (Å²) in [5, 5.41) is 9.32. The average Bonchev–Trinajstić information content (AvgIpc) is 2.93. The topological polar surface area (TPSA) is 118 Å². The van der Waals surface area contributed by atoms with Crippen LogP contribution in [0.3, 0.4) is 0 Å². The monoisotopic (exact) mass is 642 g/mol. The molecule has 0 aliphatic heterocycles. The van der Waals surface area contributed by atoms with Gasteiger partial charge in [-0.15, -0.1) is 0 Å². The number of rotatable bonds is 11. The van der Waals surface area contributed by atoms with Gasteiger partial charge in [0.15, 0.2) is 18.1 Å². The summed E-state index contributed by atoms with van der Waals surface area (Å²) >= 11 is 2.07. The molecular formula is C29H31IN4O5. The molecule has 3 amide bonds. The first kappa shape index (κ1) is 29.6. The average molecular weight is 642 g/mol. The normalized spacial score (nSPS) is 10.7. The molecule has 3 N–H and O–H groups in total. The lowest BCUT2D eigenvalue weighted by molar-refractivity contribution is -0.136. The van der Waals surface area contributed by atoms with Crippen LogP contribution in [-0.4, -0.2) is 37.1 Å². The molecule has 0 heterocycles. The molecule has 3 aromatic rings. The molecule has 0 radical (unpaired) electrons. The van der Waals surface area contributed by atoms with Crippen LogP contribution in [-0.2, 0) is 27.2 Å². The van der Waals surface area contributed by atoms with Crippen LogP contribution in [0.1, 0.15) is 37.5 Å². The van der Waals surface area contributed by atoms with Crippen LogP contribution in [0.2, 0.25) is 0 Å². The van der Waals surface area contributed by atoms with E-state index in [4.69, 9.17) is 9.47 Å². The Hall–Kier alpha value is -3.93. The van der Waals surface area contributed by atoms with E-state index >= 15 is 0 Å². The van der Waals surface area contributed by atoms with E-state index in [1.165, 1.54) is 11.8 Å². The van der Waals surface area contributed by atoms with E-state index in [0.29, 0.717) is 45.0 Å². The van der Waals surface area contributed by atoms with Crippen molar-refractivity contribution in [3.63, 3.8) is 0 Å². The number of ether oxygens (including phenoxy) is 2. The number of carbonyl (C=O) groups is 3. The summed E-state index contributed by atoms with van der Waals surface area (Å²) in [4.78, 5) is 36.9. The van der Waals surface area contributed by atoms with Crippen LogP contribution < -0.4 is 25.5 Å². The van der Waals surface area contributed by atoms with E-state index in [1.54, 1.807) is 24.3 Å². The van der Waals surface area contributed by atoms with Gasteiger partial charge in [0.25, 0.3) is 5.91 Å². The molecular weight excluding hydrogens is 611 g/mol. The van der Waals surface area contributed by atoms with Crippen LogP contribution in [0.15, 0.2) is 65.8 Å². The van der Waals surface area contributed by atoms with Crippen molar-refractivity contribution in [2.24, 2.45) is 5.10 Å². The maximum absolute atomic E-state index is 12.4. The molecule has 3 rings (SSSR count). The Bertz CT molecular complexity index is 1340. The molecule has 0 bridgehead atoms. The maximum atomic E-state index is 12.4. The van der Waals surface area contributed by atoms with Crippen molar-refractivity contribution >= 4 is 57.9 Å². The van der Waals surface area contributed by atoms with Gasteiger partial charge in [-0.05, 0) is 89.4 Å². The fourth-order valence-corrected chi connectivity index (χ4v) is 4.35. The molecule has 0 aliphatic carbocycles. The van der Waals surface area contributed by atoms with Crippen molar-refractivity contribution in [3.05, 3.63) is 80.9 Å². The summed E-state index contributed by atoms with van der Waals surface area (Å²) in [5.74, 6) is -1.17. The summed E-state index contributed by atoms with van der Waals surface area (Å²) in [5.41, 5.74) is 6.22. The molecule has 0 aromatic heterocycles. The van der Waals surface area contributed by atoms with Crippen molar-refractivity contribution in [1.82, 2.24) is 5.43 Å². The minimum absolute atomic E-state index is 0.203. The second-order valence-corrected chi connectivity index (χ2v) is 9.48. The zero-order chi connectivity index (χ0) is 28.2. The fraction of sp³-hybridized carbons (Fsp3) is 0.241. The number of anilines is 2. The number of hydrogen-bond donors (Lipinski definition) is 3. The Labute approximate surface area is 241 Å². The number of aryl methyl sites for hydroxylation is 2. The minimum atomic E-state index is -0.896. The largest absolute Gasteiger partial charge is 0.490 e. The smallest absolute Gasteiger partial charge is 0.329 e. The second kappa shape index (κ2) is 14.9. The lowest BCUT2D eigenvalue weighted by Crippen LogP contribution is -2.32. The second-order valence-electron chi connectivity index (χ2n) is 8.31. The Morgan fingerprint density at radius 1 is 0.897 bits per heavy atom. The first-order chi connectivity index (χ1) is 18.8. The molecule has 0 saturated heterocycles. The summed E-state index contributed by atoms with van der Waals surface area (Å²) in [6.45, 7) is 6.04. The third kappa shape index (κ3) is 8.81. The van der Waals surface area contributed by atoms with Crippen LogP contribution in [0, 0.1) is 3.57 Å². The molecule has 0 aliphatic rings. The van der Waals surface area contributed by atoms with E-state index in [9.17, 15) is 14.4 Å². The van der Waals surface area contributed by atoms with Gasteiger partial charge in [0.05, 0.1) is 16.4 Å². The molecule has 10 heteroatoms. The number of carbonyl (C=O) groups excluding carboxylic acids is 3. The number of amides is 3. The predicted octanol–water partition coefficient (Wildman–Crippen LogP) is 4.92. The maximum Gasteiger partial charge on any atom is 0.329 e. The lowest BCUT2D eigenvalue weighted by atomic mass is 10.1. The van der Waals surface area contributed by atoms with Gasteiger partial charge in [-0.1, -0.05) is 44.2 Å². The molecule has 0 saturated carbocycles. The molecule has 3 aromatic carbocycles. The third-order valence-corrected chi connectivity index (χ3v) is 6.36.